The summed E-state index contributed by atoms with van der Waals surface area (Å²) in [5.41, 5.74) is 6.69. The van der Waals surface area contributed by atoms with Crippen LogP contribution >= 0.6 is 0 Å². The molecule has 1 heterocycles. The van der Waals surface area contributed by atoms with Crippen LogP contribution in [0, 0.1) is 0 Å². The predicted octanol–water partition coefficient (Wildman–Crippen LogP) is 2.48. The highest BCUT2D eigenvalue weighted by molar-refractivity contribution is 5.27. The largest absolute Gasteiger partial charge is 0.490 e. The molecule has 0 spiro atoms. The fourth-order valence-corrected chi connectivity index (χ4v) is 2.34. The summed E-state index contributed by atoms with van der Waals surface area (Å²) < 4.78 is 11.7. The van der Waals surface area contributed by atoms with E-state index < -0.39 is 0 Å². The monoisotopic (exact) mass is 235 g/mol. The second-order valence-electron chi connectivity index (χ2n) is 4.82. The summed E-state index contributed by atoms with van der Waals surface area (Å²) >= 11 is 0. The average Bonchev–Trinajstić information content (AvgIpc) is 2.28. The minimum atomic E-state index is 0.262. The van der Waals surface area contributed by atoms with Gasteiger partial charge >= 0.3 is 0 Å². The maximum absolute atomic E-state index is 5.97. The molecule has 1 aliphatic heterocycles. The summed E-state index contributed by atoms with van der Waals surface area (Å²) in [5.74, 6) is 0.925. The van der Waals surface area contributed by atoms with Crippen LogP contribution < -0.4 is 10.5 Å². The maximum Gasteiger partial charge on any atom is 0.119 e. The molecule has 17 heavy (non-hydrogen) atoms. The molecule has 2 rings (SSSR count). The van der Waals surface area contributed by atoms with Gasteiger partial charge in [-0.05, 0) is 31.5 Å². The Morgan fingerprint density at radius 2 is 1.76 bits per heavy atom. The van der Waals surface area contributed by atoms with Gasteiger partial charge in [0.25, 0.3) is 0 Å². The fourth-order valence-electron chi connectivity index (χ4n) is 2.34. The molecule has 1 fully saturated rings. The normalized spacial score (nSPS) is 29.0. The van der Waals surface area contributed by atoms with Crippen molar-refractivity contribution in [2.24, 2.45) is 5.73 Å². The highest BCUT2D eigenvalue weighted by Crippen LogP contribution is 2.24. The molecule has 0 aliphatic carbocycles. The molecule has 3 nitrogen and oxygen atoms in total. The molecule has 1 aromatic carbocycles. The van der Waals surface area contributed by atoms with Gasteiger partial charge in [0, 0.05) is 19.4 Å². The lowest BCUT2D eigenvalue weighted by molar-refractivity contribution is -0.0721. The van der Waals surface area contributed by atoms with Crippen molar-refractivity contribution in [3.63, 3.8) is 0 Å². The lowest BCUT2D eigenvalue weighted by Crippen LogP contribution is -2.35. The summed E-state index contributed by atoms with van der Waals surface area (Å²) in [6, 6.07) is 8.02. The van der Waals surface area contributed by atoms with E-state index in [1.54, 1.807) is 0 Å². The topological polar surface area (TPSA) is 44.5 Å². The van der Waals surface area contributed by atoms with Gasteiger partial charge in [-0.2, -0.15) is 0 Å². The van der Waals surface area contributed by atoms with E-state index >= 15 is 0 Å². The first-order valence-electron chi connectivity index (χ1n) is 6.28. The third-order valence-electron chi connectivity index (χ3n) is 3.12. The molecular weight excluding hydrogens is 214 g/mol. The number of rotatable bonds is 3. The van der Waals surface area contributed by atoms with Crippen LogP contribution in [0.4, 0.5) is 0 Å². The maximum atomic E-state index is 5.97. The molecule has 2 unspecified atom stereocenters. The Balaban J connectivity index is 1.95. The van der Waals surface area contributed by atoms with Crippen molar-refractivity contribution in [1.82, 2.24) is 0 Å². The van der Waals surface area contributed by atoms with Crippen LogP contribution in [-0.4, -0.2) is 18.3 Å². The Hall–Kier alpha value is -1.06. The molecule has 2 atom stereocenters. The van der Waals surface area contributed by atoms with E-state index in [-0.39, 0.29) is 18.3 Å². The summed E-state index contributed by atoms with van der Waals surface area (Å²) in [6.07, 6.45) is 2.75. The molecule has 1 aliphatic rings. The van der Waals surface area contributed by atoms with E-state index in [4.69, 9.17) is 15.2 Å². The highest BCUT2D eigenvalue weighted by Gasteiger charge is 2.25. The molecule has 0 aromatic heterocycles. The van der Waals surface area contributed by atoms with Gasteiger partial charge in [-0.1, -0.05) is 12.1 Å². The molecule has 0 amide bonds. The molecule has 0 bridgehead atoms. The molecule has 3 heteroatoms. The van der Waals surface area contributed by atoms with E-state index in [9.17, 15) is 0 Å². The third-order valence-corrected chi connectivity index (χ3v) is 3.12. The number of hydrogen-bond donors (Lipinski definition) is 1. The van der Waals surface area contributed by atoms with E-state index in [1.807, 2.05) is 24.3 Å². The van der Waals surface area contributed by atoms with Gasteiger partial charge in [-0.3, -0.25) is 0 Å². The van der Waals surface area contributed by atoms with Crippen molar-refractivity contribution in [2.75, 3.05) is 0 Å². The van der Waals surface area contributed by atoms with Crippen molar-refractivity contribution < 1.29 is 9.47 Å². The van der Waals surface area contributed by atoms with Gasteiger partial charge in [-0.25, -0.2) is 0 Å². The molecule has 2 N–H and O–H groups in total. The Morgan fingerprint density at radius 3 is 2.29 bits per heavy atom. The average molecular weight is 235 g/mol. The Labute approximate surface area is 103 Å². The summed E-state index contributed by atoms with van der Waals surface area (Å²) in [4.78, 5) is 0. The Kier molecular flexibility index (Phi) is 4.02. The van der Waals surface area contributed by atoms with Gasteiger partial charge in [0.2, 0.25) is 0 Å². The SMILES string of the molecule is CC1CC(Oc2ccc(CN)cc2)CC(C)O1. The smallest absolute Gasteiger partial charge is 0.119 e. The van der Waals surface area contributed by atoms with E-state index in [0.717, 1.165) is 24.2 Å². The molecule has 94 valence electrons. The number of benzene rings is 1. The van der Waals surface area contributed by atoms with Crippen molar-refractivity contribution in [2.45, 2.75) is 51.5 Å². The van der Waals surface area contributed by atoms with Crippen LogP contribution in [-0.2, 0) is 11.3 Å². The lowest BCUT2D eigenvalue weighted by Gasteiger charge is -2.32. The molecule has 0 radical (unpaired) electrons. The van der Waals surface area contributed by atoms with Crippen LogP contribution in [0.3, 0.4) is 0 Å². The van der Waals surface area contributed by atoms with Crippen molar-refractivity contribution in [3.8, 4) is 5.75 Å². The third kappa shape index (κ3) is 3.45. The van der Waals surface area contributed by atoms with Crippen LogP contribution in [0.25, 0.3) is 0 Å². The Morgan fingerprint density at radius 1 is 1.18 bits per heavy atom. The zero-order chi connectivity index (χ0) is 12.3. The molecular formula is C14H21NO2. The second kappa shape index (κ2) is 5.52. The quantitative estimate of drug-likeness (QED) is 0.875. The van der Waals surface area contributed by atoms with Gasteiger partial charge in [0.1, 0.15) is 11.9 Å². The van der Waals surface area contributed by atoms with Gasteiger partial charge in [0.05, 0.1) is 12.2 Å². The first kappa shape index (κ1) is 12.4. The summed E-state index contributed by atoms with van der Waals surface area (Å²) in [7, 11) is 0. The van der Waals surface area contributed by atoms with Gasteiger partial charge in [0.15, 0.2) is 0 Å². The Bertz CT molecular complexity index is 340. The van der Waals surface area contributed by atoms with E-state index in [0.29, 0.717) is 6.54 Å². The van der Waals surface area contributed by atoms with Crippen LogP contribution in [0.15, 0.2) is 24.3 Å². The number of nitrogens with two attached hydrogens (primary N) is 1. The fraction of sp³-hybridized carbons (Fsp3) is 0.571. The molecule has 0 saturated carbocycles. The molecule has 1 aromatic rings. The van der Waals surface area contributed by atoms with Gasteiger partial charge in [-0.15, -0.1) is 0 Å². The first-order valence-corrected chi connectivity index (χ1v) is 6.28. The van der Waals surface area contributed by atoms with Crippen molar-refractivity contribution >= 4 is 0 Å². The number of hydrogen-bond acceptors (Lipinski definition) is 3. The zero-order valence-corrected chi connectivity index (χ0v) is 10.6. The summed E-state index contributed by atoms with van der Waals surface area (Å²) in [5, 5.41) is 0. The minimum Gasteiger partial charge on any atom is -0.490 e. The lowest BCUT2D eigenvalue weighted by atomic mass is 10.0. The van der Waals surface area contributed by atoms with Crippen LogP contribution in [0.1, 0.15) is 32.3 Å². The van der Waals surface area contributed by atoms with E-state index in [1.165, 1.54) is 0 Å². The standard InChI is InChI=1S/C14H21NO2/c1-10-7-14(8-11(2)16-10)17-13-5-3-12(9-15)4-6-13/h3-6,10-11,14H,7-9,15H2,1-2H3. The second-order valence-corrected chi connectivity index (χ2v) is 4.82. The highest BCUT2D eigenvalue weighted by atomic mass is 16.5. The molecule has 1 saturated heterocycles. The first-order chi connectivity index (χ1) is 8.17. The zero-order valence-electron chi connectivity index (χ0n) is 10.6. The minimum absolute atomic E-state index is 0.262. The van der Waals surface area contributed by atoms with Gasteiger partial charge < -0.3 is 15.2 Å². The van der Waals surface area contributed by atoms with Crippen molar-refractivity contribution in [1.29, 1.82) is 0 Å². The van der Waals surface area contributed by atoms with Crippen LogP contribution in [0.2, 0.25) is 0 Å². The predicted molar refractivity (Wildman–Crippen MR) is 68.0 cm³/mol. The van der Waals surface area contributed by atoms with Crippen molar-refractivity contribution in [3.05, 3.63) is 29.8 Å². The summed E-state index contributed by atoms with van der Waals surface area (Å²) in [6.45, 7) is 4.78. The van der Waals surface area contributed by atoms with Crippen LogP contribution in [0.5, 0.6) is 5.75 Å². The van der Waals surface area contributed by atoms with E-state index in [2.05, 4.69) is 13.8 Å². The number of ether oxygens (including phenoxy) is 2.